The van der Waals surface area contributed by atoms with Crippen LogP contribution in [0.5, 0.6) is 0 Å². The van der Waals surface area contributed by atoms with Crippen molar-refractivity contribution in [3.8, 4) is 0 Å². The molecule has 1 N–H and O–H groups in total. The monoisotopic (exact) mass is 352 g/mol. The normalized spacial score (nSPS) is 9.78. The Bertz CT molecular complexity index is 591. The molecule has 0 atom stereocenters. The molecule has 3 aromatic rings. The minimum atomic E-state index is -1.12. The molecule has 0 saturated carbocycles. The smallest absolute Gasteiger partial charge is 1.00 e. The summed E-state index contributed by atoms with van der Waals surface area (Å²) in [7, 11) is 0. The van der Waals surface area contributed by atoms with Gasteiger partial charge >= 0.3 is 23.1 Å². The summed E-state index contributed by atoms with van der Waals surface area (Å²) in [6, 6.07) is 29.3. The molecular weight excluding hydrogens is 331 g/mol. The SMILES string of the molecule is Cl.OC(c1ccccc1)(c1ccccc1)c1ccccc1.[AlH3].[H-].[H-].[Mg+2]. The van der Waals surface area contributed by atoms with E-state index in [-0.39, 0.29) is 55.7 Å². The predicted octanol–water partition coefficient (Wildman–Crippen LogP) is 3.05. The van der Waals surface area contributed by atoms with E-state index in [9.17, 15) is 5.11 Å². The summed E-state index contributed by atoms with van der Waals surface area (Å²) < 4.78 is 0. The molecular formula is C19H22AlClMgO. The molecule has 0 amide bonds. The zero-order valence-corrected chi connectivity index (χ0v) is 14.5. The first-order chi connectivity index (χ1) is 9.82. The number of aliphatic hydroxyl groups is 1. The molecule has 0 aliphatic rings. The maximum atomic E-state index is 11.4. The minimum Gasteiger partial charge on any atom is -1.00 e. The molecule has 0 aliphatic heterocycles. The third kappa shape index (κ3) is 4.61. The van der Waals surface area contributed by atoms with E-state index in [4.69, 9.17) is 0 Å². The van der Waals surface area contributed by atoms with Crippen LogP contribution in [0.25, 0.3) is 0 Å². The van der Waals surface area contributed by atoms with Crippen molar-refractivity contribution in [2.75, 3.05) is 0 Å². The van der Waals surface area contributed by atoms with E-state index in [0.717, 1.165) is 16.7 Å². The standard InChI is InChI=1S/C19H16O.Al.ClH.Mg.5H/c20-19(16-10-4-1-5-11-16,17-12-6-2-7-13-17)18-14-8-3-9-15-18;;;;;;;;/h1-15,20H;;1H;;;;;;/q;;;+2;;;;2*-1. The van der Waals surface area contributed by atoms with Crippen LogP contribution < -0.4 is 0 Å². The third-order valence-corrected chi connectivity index (χ3v) is 3.57. The van der Waals surface area contributed by atoms with Gasteiger partial charge in [0.05, 0.1) is 0 Å². The Labute approximate surface area is 173 Å². The van der Waals surface area contributed by atoms with Crippen molar-refractivity contribution in [2.45, 2.75) is 5.60 Å². The fourth-order valence-electron chi connectivity index (χ4n) is 2.54. The van der Waals surface area contributed by atoms with E-state index < -0.39 is 5.60 Å². The second-order valence-electron chi connectivity index (χ2n) is 4.81. The fraction of sp³-hybridized carbons (Fsp3) is 0.0526. The average Bonchev–Trinajstić information content (AvgIpc) is 2.56. The molecule has 0 radical (unpaired) electrons. The average molecular weight is 353 g/mol. The Morgan fingerprint density at radius 2 is 0.783 bits per heavy atom. The van der Waals surface area contributed by atoms with E-state index in [1.165, 1.54) is 0 Å². The maximum absolute atomic E-state index is 11.4. The van der Waals surface area contributed by atoms with Crippen molar-refractivity contribution < 1.29 is 7.96 Å². The predicted molar refractivity (Wildman–Crippen MR) is 107 cm³/mol. The largest absolute Gasteiger partial charge is 2.00 e. The van der Waals surface area contributed by atoms with Crippen molar-refractivity contribution in [3.05, 3.63) is 108 Å². The van der Waals surface area contributed by atoms with Crippen LogP contribution in [0.2, 0.25) is 0 Å². The summed E-state index contributed by atoms with van der Waals surface area (Å²) in [5, 5.41) is 11.4. The van der Waals surface area contributed by atoms with E-state index >= 15 is 0 Å². The first-order valence-electron chi connectivity index (χ1n) is 6.71. The molecule has 23 heavy (non-hydrogen) atoms. The van der Waals surface area contributed by atoms with Crippen LogP contribution in [0.1, 0.15) is 19.5 Å². The van der Waals surface area contributed by atoms with E-state index in [1.807, 2.05) is 91.0 Å². The zero-order chi connectivity index (χ0) is 13.8. The quantitative estimate of drug-likeness (QED) is 0.567. The molecule has 0 heterocycles. The van der Waals surface area contributed by atoms with Gasteiger partial charge < -0.3 is 7.96 Å². The molecule has 0 spiro atoms. The van der Waals surface area contributed by atoms with Gasteiger partial charge in [0.1, 0.15) is 5.60 Å². The van der Waals surface area contributed by atoms with Crippen LogP contribution in [-0.2, 0) is 5.60 Å². The molecule has 1 nitrogen and oxygen atoms in total. The second kappa shape index (κ2) is 10.2. The Kier molecular flexibility index (Phi) is 9.80. The number of halogens is 1. The van der Waals surface area contributed by atoms with Crippen molar-refractivity contribution in [2.24, 2.45) is 0 Å². The molecule has 0 bridgehead atoms. The number of benzene rings is 3. The van der Waals surface area contributed by atoms with Crippen LogP contribution in [0.15, 0.2) is 91.0 Å². The summed E-state index contributed by atoms with van der Waals surface area (Å²) in [6.07, 6.45) is 0. The number of rotatable bonds is 3. The van der Waals surface area contributed by atoms with Crippen LogP contribution in [0, 0.1) is 0 Å². The van der Waals surface area contributed by atoms with Gasteiger partial charge in [0.25, 0.3) is 0 Å². The Balaban J connectivity index is -0.000000968. The van der Waals surface area contributed by atoms with Gasteiger partial charge in [-0.25, -0.2) is 0 Å². The third-order valence-electron chi connectivity index (χ3n) is 3.57. The maximum Gasteiger partial charge on any atom is 2.00 e. The first-order valence-corrected chi connectivity index (χ1v) is 6.71. The molecule has 0 aliphatic carbocycles. The van der Waals surface area contributed by atoms with Gasteiger partial charge in [0.15, 0.2) is 17.4 Å². The van der Waals surface area contributed by atoms with Gasteiger partial charge in [-0.2, -0.15) is 0 Å². The molecule has 116 valence electrons. The topological polar surface area (TPSA) is 20.2 Å². The Morgan fingerprint density at radius 1 is 0.565 bits per heavy atom. The van der Waals surface area contributed by atoms with Gasteiger partial charge in [0, 0.05) is 0 Å². The van der Waals surface area contributed by atoms with E-state index in [0.29, 0.717) is 0 Å². The van der Waals surface area contributed by atoms with Gasteiger partial charge in [-0.3, -0.25) is 0 Å². The van der Waals surface area contributed by atoms with Crippen molar-refractivity contribution in [3.63, 3.8) is 0 Å². The molecule has 0 unspecified atom stereocenters. The summed E-state index contributed by atoms with van der Waals surface area (Å²) in [5.74, 6) is 0. The molecule has 0 aromatic heterocycles. The van der Waals surface area contributed by atoms with Crippen LogP contribution in [0.4, 0.5) is 0 Å². The van der Waals surface area contributed by atoms with Gasteiger partial charge in [-0.1, -0.05) is 91.0 Å². The molecule has 3 aromatic carbocycles. The van der Waals surface area contributed by atoms with Crippen molar-refractivity contribution >= 4 is 52.8 Å². The molecule has 4 heteroatoms. The van der Waals surface area contributed by atoms with Crippen molar-refractivity contribution in [1.29, 1.82) is 0 Å². The summed E-state index contributed by atoms with van der Waals surface area (Å²) in [6.45, 7) is 0. The fourth-order valence-corrected chi connectivity index (χ4v) is 2.54. The van der Waals surface area contributed by atoms with E-state index in [2.05, 4.69) is 0 Å². The van der Waals surface area contributed by atoms with Gasteiger partial charge in [-0.05, 0) is 16.7 Å². The minimum absolute atomic E-state index is 0. The number of hydrogen-bond acceptors (Lipinski definition) is 1. The van der Waals surface area contributed by atoms with Crippen LogP contribution >= 0.6 is 12.4 Å². The number of hydrogen-bond donors (Lipinski definition) is 1. The molecule has 0 saturated heterocycles. The summed E-state index contributed by atoms with van der Waals surface area (Å²) in [5.41, 5.74) is 1.50. The van der Waals surface area contributed by atoms with Gasteiger partial charge in [-0.15, -0.1) is 12.4 Å². The molecule has 3 rings (SSSR count). The van der Waals surface area contributed by atoms with Crippen molar-refractivity contribution in [1.82, 2.24) is 0 Å². The Hall–Kier alpha value is -0.791. The Morgan fingerprint density at radius 3 is 1.00 bits per heavy atom. The van der Waals surface area contributed by atoms with Crippen LogP contribution in [-0.4, -0.2) is 45.5 Å². The second-order valence-corrected chi connectivity index (χ2v) is 4.81. The van der Waals surface area contributed by atoms with E-state index in [1.54, 1.807) is 0 Å². The zero-order valence-electron chi connectivity index (χ0n) is 14.2. The first kappa shape index (κ1) is 22.2. The van der Waals surface area contributed by atoms with Crippen LogP contribution in [0.3, 0.4) is 0 Å². The summed E-state index contributed by atoms with van der Waals surface area (Å²) >= 11 is 0. The van der Waals surface area contributed by atoms with Gasteiger partial charge in [0.2, 0.25) is 0 Å². The summed E-state index contributed by atoms with van der Waals surface area (Å²) in [4.78, 5) is 0. The molecule has 0 fully saturated rings.